The van der Waals surface area contributed by atoms with E-state index in [9.17, 15) is 9.18 Å². The zero-order valence-electron chi connectivity index (χ0n) is 7.21. The van der Waals surface area contributed by atoms with Crippen LogP contribution >= 0.6 is 0 Å². The van der Waals surface area contributed by atoms with Crippen molar-refractivity contribution in [3.8, 4) is 0 Å². The van der Waals surface area contributed by atoms with Gasteiger partial charge >= 0.3 is 0 Å². The maximum Gasteiger partial charge on any atom is 0.259 e. The quantitative estimate of drug-likeness (QED) is 0.539. The summed E-state index contributed by atoms with van der Waals surface area (Å²) in [5, 5.41) is 0. The molecule has 3 nitrogen and oxygen atoms in total. The molecule has 1 amide bonds. The highest BCUT2D eigenvalue weighted by Gasteiger charge is 2.51. The fraction of sp³-hybridized carbons (Fsp3) is 0.875. The Balaban J connectivity index is 2.27. The summed E-state index contributed by atoms with van der Waals surface area (Å²) in [5.41, 5.74) is -0.609. The molecular formula is C8H12FNO2. The number of hydrogen-bond acceptors (Lipinski definition) is 2. The molecule has 2 unspecified atom stereocenters. The Morgan fingerprint density at radius 1 is 1.67 bits per heavy atom. The van der Waals surface area contributed by atoms with Crippen LogP contribution in [0.4, 0.5) is 4.39 Å². The molecule has 0 spiro atoms. The predicted octanol–water partition coefficient (Wildman–Crippen LogP) is 0.692. The minimum absolute atomic E-state index is 0.0394. The van der Waals surface area contributed by atoms with Crippen molar-refractivity contribution >= 4 is 5.91 Å². The maximum atomic E-state index is 12.9. The van der Waals surface area contributed by atoms with Crippen LogP contribution in [-0.2, 0) is 9.53 Å². The molecule has 0 aliphatic carbocycles. The van der Waals surface area contributed by atoms with Crippen molar-refractivity contribution in [1.29, 1.82) is 0 Å². The average Bonchev–Trinajstić information content (AvgIpc) is 2.39. The monoisotopic (exact) mass is 173 g/mol. The standard InChI is InChI=1S/C8H12FNO2/c1-8(2)10-5(4-12-8)3-6(9)7(10)11/h5-6H,3-4H2,1-2H3. The third-order valence-corrected chi connectivity index (χ3v) is 2.56. The minimum Gasteiger partial charge on any atom is -0.354 e. The van der Waals surface area contributed by atoms with Crippen LogP contribution in [0.2, 0.25) is 0 Å². The maximum absolute atomic E-state index is 12.9. The molecule has 2 aliphatic rings. The first-order valence-corrected chi connectivity index (χ1v) is 4.13. The summed E-state index contributed by atoms with van der Waals surface area (Å²) in [7, 11) is 0. The van der Waals surface area contributed by atoms with Crippen LogP contribution < -0.4 is 0 Å². The highest BCUT2D eigenvalue weighted by Crippen LogP contribution is 2.35. The van der Waals surface area contributed by atoms with Crippen LogP contribution in [0.3, 0.4) is 0 Å². The lowest BCUT2D eigenvalue weighted by Gasteiger charge is -2.28. The van der Waals surface area contributed by atoms with Gasteiger partial charge in [-0.3, -0.25) is 4.79 Å². The van der Waals surface area contributed by atoms with Crippen molar-refractivity contribution in [1.82, 2.24) is 4.90 Å². The van der Waals surface area contributed by atoms with Crippen molar-refractivity contribution in [2.24, 2.45) is 0 Å². The van der Waals surface area contributed by atoms with Crippen LogP contribution in [0, 0.1) is 0 Å². The molecule has 2 atom stereocenters. The van der Waals surface area contributed by atoms with E-state index < -0.39 is 17.8 Å². The van der Waals surface area contributed by atoms with Crippen LogP contribution in [0.1, 0.15) is 20.3 Å². The van der Waals surface area contributed by atoms with Gasteiger partial charge in [-0.25, -0.2) is 4.39 Å². The third kappa shape index (κ3) is 0.874. The molecule has 0 N–H and O–H groups in total. The Kier molecular flexibility index (Phi) is 1.46. The largest absolute Gasteiger partial charge is 0.354 e. The van der Waals surface area contributed by atoms with E-state index in [2.05, 4.69) is 0 Å². The number of nitrogens with zero attached hydrogens (tertiary/aromatic N) is 1. The summed E-state index contributed by atoms with van der Waals surface area (Å²) in [6, 6.07) is -0.0394. The molecule has 0 bridgehead atoms. The van der Waals surface area contributed by atoms with Gasteiger partial charge in [-0.2, -0.15) is 0 Å². The predicted molar refractivity (Wildman–Crippen MR) is 40.2 cm³/mol. The molecule has 2 aliphatic heterocycles. The van der Waals surface area contributed by atoms with Gasteiger partial charge in [-0.05, 0) is 13.8 Å². The molecule has 68 valence electrons. The van der Waals surface area contributed by atoms with Gasteiger partial charge in [-0.15, -0.1) is 0 Å². The molecule has 2 fully saturated rings. The number of carbonyl (C=O) groups is 1. The van der Waals surface area contributed by atoms with Gasteiger partial charge in [0.05, 0.1) is 12.6 Å². The van der Waals surface area contributed by atoms with Crippen molar-refractivity contribution in [3.63, 3.8) is 0 Å². The number of rotatable bonds is 0. The van der Waals surface area contributed by atoms with Gasteiger partial charge in [0.15, 0.2) is 6.17 Å². The molecule has 12 heavy (non-hydrogen) atoms. The molecule has 4 heteroatoms. The number of fused-ring (bicyclic) bond motifs is 1. The lowest BCUT2D eigenvalue weighted by Crippen LogP contribution is -2.44. The number of halogens is 1. The number of ether oxygens (including phenoxy) is 1. The molecule has 0 saturated carbocycles. The zero-order chi connectivity index (χ0) is 8.93. The molecule has 2 saturated heterocycles. The molecule has 2 heterocycles. The zero-order valence-corrected chi connectivity index (χ0v) is 7.21. The average molecular weight is 173 g/mol. The molecule has 0 aromatic heterocycles. The number of amides is 1. The van der Waals surface area contributed by atoms with E-state index in [0.717, 1.165) is 0 Å². The Hall–Kier alpha value is -0.640. The van der Waals surface area contributed by atoms with Crippen LogP contribution in [0.15, 0.2) is 0 Å². The Bertz CT molecular complexity index is 229. The van der Waals surface area contributed by atoms with E-state index in [-0.39, 0.29) is 6.04 Å². The molecule has 2 rings (SSSR count). The normalized spacial score (nSPS) is 38.9. The minimum atomic E-state index is -1.31. The molecule has 0 aromatic carbocycles. The molecule has 0 radical (unpaired) electrons. The lowest BCUT2D eigenvalue weighted by molar-refractivity contribution is -0.145. The fourth-order valence-corrected chi connectivity index (χ4v) is 1.99. The second-order valence-electron chi connectivity index (χ2n) is 3.82. The summed E-state index contributed by atoms with van der Waals surface area (Å²) >= 11 is 0. The van der Waals surface area contributed by atoms with E-state index in [1.807, 2.05) is 0 Å². The summed E-state index contributed by atoms with van der Waals surface area (Å²) in [5.74, 6) is -0.414. The van der Waals surface area contributed by atoms with E-state index in [4.69, 9.17) is 4.74 Å². The highest BCUT2D eigenvalue weighted by molar-refractivity contribution is 5.84. The van der Waals surface area contributed by atoms with Gasteiger partial charge in [-0.1, -0.05) is 0 Å². The van der Waals surface area contributed by atoms with E-state index in [0.29, 0.717) is 13.0 Å². The first-order valence-electron chi connectivity index (χ1n) is 4.13. The van der Waals surface area contributed by atoms with E-state index in [1.54, 1.807) is 13.8 Å². The first-order chi connectivity index (χ1) is 5.52. The van der Waals surface area contributed by atoms with Crippen molar-refractivity contribution < 1.29 is 13.9 Å². The van der Waals surface area contributed by atoms with Gasteiger partial charge < -0.3 is 9.64 Å². The highest BCUT2D eigenvalue weighted by atomic mass is 19.1. The lowest BCUT2D eigenvalue weighted by atomic mass is 10.2. The Morgan fingerprint density at radius 3 is 2.92 bits per heavy atom. The summed E-state index contributed by atoms with van der Waals surface area (Å²) in [6.45, 7) is 4.06. The summed E-state index contributed by atoms with van der Waals surface area (Å²) < 4.78 is 18.3. The van der Waals surface area contributed by atoms with Crippen molar-refractivity contribution in [2.75, 3.05) is 6.61 Å². The van der Waals surface area contributed by atoms with Crippen LogP contribution in [-0.4, -0.2) is 35.4 Å². The second kappa shape index (κ2) is 2.19. The van der Waals surface area contributed by atoms with Crippen molar-refractivity contribution in [3.05, 3.63) is 0 Å². The van der Waals surface area contributed by atoms with Crippen LogP contribution in [0.5, 0.6) is 0 Å². The SMILES string of the molecule is CC1(C)OCC2CC(F)C(=O)N21. The number of hydrogen-bond donors (Lipinski definition) is 0. The van der Waals surface area contributed by atoms with Gasteiger partial charge in [0.25, 0.3) is 5.91 Å². The van der Waals surface area contributed by atoms with E-state index >= 15 is 0 Å². The second-order valence-corrected chi connectivity index (χ2v) is 3.82. The summed E-state index contributed by atoms with van der Waals surface area (Å²) in [4.78, 5) is 12.8. The smallest absolute Gasteiger partial charge is 0.259 e. The molecular weight excluding hydrogens is 161 g/mol. The third-order valence-electron chi connectivity index (χ3n) is 2.56. The first kappa shape index (κ1) is 7.98. The summed E-state index contributed by atoms with van der Waals surface area (Å²) in [6.07, 6.45) is -1.01. The van der Waals surface area contributed by atoms with Gasteiger partial charge in [0.1, 0.15) is 5.72 Å². The Morgan fingerprint density at radius 2 is 2.33 bits per heavy atom. The van der Waals surface area contributed by atoms with Gasteiger partial charge in [0.2, 0.25) is 0 Å². The number of alkyl halides is 1. The van der Waals surface area contributed by atoms with E-state index in [1.165, 1.54) is 4.90 Å². The fourth-order valence-electron chi connectivity index (χ4n) is 1.99. The molecule has 0 aromatic rings. The van der Waals surface area contributed by atoms with Gasteiger partial charge in [0, 0.05) is 6.42 Å². The Labute approximate surface area is 70.5 Å². The van der Waals surface area contributed by atoms with Crippen LogP contribution in [0.25, 0.3) is 0 Å². The van der Waals surface area contributed by atoms with Crippen molar-refractivity contribution in [2.45, 2.75) is 38.2 Å². The topological polar surface area (TPSA) is 29.5 Å². The number of carbonyl (C=O) groups excluding carboxylic acids is 1.